The summed E-state index contributed by atoms with van der Waals surface area (Å²) >= 11 is 1.50. The van der Waals surface area contributed by atoms with Crippen LogP contribution in [0.3, 0.4) is 0 Å². The highest BCUT2D eigenvalue weighted by molar-refractivity contribution is 7.13. The first kappa shape index (κ1) is 21.4. The van der Waals surface area contributed by atoms with E-state index in [-0.39, 0.29) is 5.57 Å². The van der Waals surface area contributed by atoms with Gasteiger partial charge in [0.1, 0.15) is 11.6 Å². The van der Waals surface area contributed by atoms with Gasteiger partial charge >= 0.3 is 5.97 Å². The zero-order chi connectivity index (χ0) is 23.5. The lowest BCUT2D eigenvalue weighted by molar-refractivity contribution is -0.135. The molecule has 34 heavy (non-hydrogen) atoms. The Kier molecular flexibility index (Phi) is 5.82. The molecule has 5 rings (SSSR count). The van der Waals surface area contributed by atoms with Crippen LogP contribution in [0.4, 0.5) is 0 Å². The van der Waals surface area contributed by atoms with Gasteiger partial charge in [-0.3, -0.25) is 0 Å². The fraction of sp³-hybridized carbons (Fsp3) is 0.0345. The van der Waals surface area contributed by atoms with Crippen molar-refractivity contribution in [2.24, 2.45) is 0 Å². The lowest BCUT2D eigenvalue weighted by Crippen LogP contribution is -2.02. The molecule has 0 unspecified atom stereocenters. The minimum absolute atomic E-state index is 0.0134. The van der Waals surface area contributed by atoms with Crippen molar-refractivity contribution in [1.29, 1.82) is 5.26 Å². The number of ether oxygens (including phenoxy) is 1. The molecule has 5 heteroatoms. The number of fused-ring (bicyclic) bond motifs is 3. The summed E-state index contributed by atoms with van der Waals surface area (Å²) in [7, 11) is 1.27. The minimum Gasteiger partial charge on any atom is -0.465 e. The van der Waals surface area contributed by atoms with Crippen molar-refractivity contribution < 1.29 is 9.53 Å². The first-order valence-corrected chi connectivity index (χ1v) is 11.6. The Hall–Kier alpha value is -4.40. The van der Waals surface area contributed by atoms with E-state index in [1.54, 1.807) is 6.08 Å². The van der Waals surface area contributed by atoms with E-state index in [0.717, 1.165) is 21.0 Å². The third-order valence-corrected chi connectivity index (χ3v) is 6.63. The van der Waals surface area contributed by atoms with E-state index in [0.29, 0.717) is 0 Å². The van der Waals surface area contributed by atoms with Crippen molar-refractivity contribution in [3.05, 3.63) is 106 Å². The minimum atomic E-state index is -0.628. The van der Waals surface area contributed by atoms with E-state index in [1.165, 1.54) is 40.3 Å². The second-order valence-electron chi connectivity index (χ2n) is 7.70. The van der Waals surface area contributed by atoms with Gasteiger partial charge in [0.15, 0.2) is 0 Å². The van der Waals surface area contributed by atoms with E-state index < -0.39 is 5.97 Å². The van der Waals surface area contributed by atoms with Gasteiger partial charge < -0.3 is 9.30 Å². The fourth-order valence-electron chi connectivity index (χ4n) is 4.04. The largest absolute Gasteiger partial charge is 0.465 e. The molecule has 5 aromatic rings. The second-order valence-corrected chi connectivity index (χ2v) is 8.84. The molecular weight excluding hydrogens is 440 g/mol. The summed E-state index contributed by atoms with van der Waals surface area (Å²) in [4.78, 5) is 13.4. The summed E-state index contributed by atoms with van der Waals surface area (Å²) in [5.74, 6) is -0.628. The Morgan fingerprint density at radius 3 is 2.09 bits per heavy atom. The van der Waals surface area contributed by atoms with E-state index in [9.17, 15) is 4.79 Å². The number of carbonyl (C=O) groups is 1. The van der Waals surface area contributed by atoms with Gasteiger partial charge in [0.05, 0.1) is 18.1 Å². The molecule has 0 bridgehead atoms. The zero-order valence-electron chi connectivity index (χ0n) is 18.4. The van der Waals surface area contributed by atoms with Crippen molar-refractivity contribution in [3.8, 4) is 11.8 Å². The van der Waals surface area contributed by atoms with Crippen LogP contribution < -0.4 is 0 Å². The first-order valence-electron chi connectivity index (χ1n) is 10.7. The van der Waals surface area contributed by atoms with Gasteiger partial charge in [-0.2, -0.15) is 5.26 Å². The molecular formula is C29H20N2O2S. The summed E-state index contributed by atoms with van der Waals surface area (Å²) in [5.41, 5.74) is 4.57. The van der Waals surface area contributed by atoms with Crippen LogP contribution in [0.25, 0.3) is 45.7 Å². The molecule has 4 nitrogen and oxygen atoms in total. The fourth-order valence-corrected chi connectivity index (χ4v) is 4.90. The average molecular weight is 461 g/mol. The van der Waals surface area contributed by atoms with Gasteiger partial charge in [-0.05, 0) is 54.1 Å². The van der Waals surface area contributed by atoms with Crippen molar-refractivity contribution in [3.63, 3.8) is 0 Å². The maximum atomic E-state index is 11.6. The maximum absolute atomic E-state index is 11.6. The Morgan fingerprint density at radius 2 is 1.47 bits per heavy atom. The number of carbonyl (C=O) groups excluding carboxylic acids is 1. The summed E-state index contributed by atoms with van der Waals surface area (Å²) < 4.78 is 6.93. The Bertz CT molecular complexity index is 1560. The van der Waals surface area contributed by atoms with E-state index in [2.05, 4.69) is 88.2 Å². The van der Waals surface area contributed by atoms with Crippen molar-refractivity contribution in [1.82, 2.24) is 4.57 Å². The molecule has 0 aliphatic carbocycles. The number of esters is 1. The molecule has 0 aliphatic rings. The van der Waals surface area contributed by atoms with Crippen LogP contribution in [0.2, 0.25) is 0 Å². The number of benzene rings is 3. The molecule has 164 valence electrons. The highest BCUT2D eigenvalue weighted by Crippen LogP contribution is 2.31. The smallest absolute Gasteiger partial charge is 0.348 e. The predicted molar refractivity (Wildman–Crippen MR) is 140 cm³/mol. The van der Waals surface area contributed by atoms with Crippen LogP contribution in [0, 0.1) is 11.3 Å². The number of rotatable bonds is 5. The monoisotopic (exact) mass is 460 g/mol. The molecule has 0 radical (unpaired) electrons. The normalized spacial score (nSPS) is 11.8. The molecule has 0 atom stereocenters. The standard InChI is InChI=1S/C29H20N2O2S/c1-33-29(32)21(19-30)18-24-17-16-23(34-24)15-12-20-10-13-22(14-11-20)31-27-8-4-2-6-25(27)26-7-3-5-9-28(26)31/h2-18H,1H3/b15-12+,21-18-. The van der Waals surface area contributed by atoms with E-state index >= 15 is 0 Å². The number of nitriles is 1. The van der Waals surface area contributed by atoms with Crippen molar-refractivity contribution >= 4 is 57.3 Å². The molecule has 0 fully saturated rings. The van der Waals surface area contributed by atoms with E-state index in [4.69, 9.17) is 5.26 Å². The molecule has 0 aliphatic heterocycles. The molecule has 0 saturated heterocycles. The van der Waals surface area contributed by atoms with Gasteiger partial charge in [0, 0.05) is 26.2 Å². The molecule has 0 spiro atoms. The van der Waals surface area contributed by atoms with Gasteiger partial charge in [-0.25, -0.2) is 4.79 Å². The highest BCUT2D eigenvalue weighted by Gasteiger charge is 2.11. The van der Waals surface area contributed by atoms with Crippen LogP contribution in [0.15, 0.2) is 90.5 Å². The molecule has 0 saturated carbocycles. The van der Waals surface area contributed by atoms with Gasteiger partial charge in [0.2, 0.25) is 0 Å². The summed E-state index contributed by atoms with van der Waals surface area (Å²) in [5, 5.41) is 11.6. The lowest BCUT2D eigenvalue weighted by Gasteiger charge is -2.08. The Labute approximate surface area is 201 Å². The zero-order valence-corrected chi connectivity index (χ0v) is 19.3. The Balaban J connectivity index is 1.41. The number of para-hydroxylation sites is 2. The number of nitrogens with zero attached hydrogens (tertiary/aromatic N) is 2. The van der Waals surface area contributed by atoms with Crippen LogP contribution >= 0.6 is 11.3 Å². The summed E-state index contributed by atoms with van der Waals surface area (Å²) in [6.07, 6.45) is 5.64. The number of hydrogen-bond donors (Lipinski definition) is 0. The summed E-state index contributed by atoms with van der Waals surface area (Å²) in [6.45, 7) is 0. The maximum Gasteiger partial charge on any atom is 0.348 e. The highest BCUT2D eigenvalue weighted by atomic mass is 32.1. The van der Waals surface area contributed by atoms with Gasteiger partial charge in [0.25, 0.3) is 0 Å². The number of aromatic nitrogens is 1. The summed E-state index contributed by atoms with van der Waals surface area (Å²) in [6, 6.07) is 31.2. The van der Waals surface area contributed by atoms with Crippen LogP contribution in [-0.2, 0) is 9.53 Å². The van der Waals surface area contributed by atoms with Gasteiger partial charge in [-0.15, -0.1) is 11.3 Å². The van der Waals surface area contributed by atoms with Crippen molar-refractivity contribution in [2.75, 3.05) is 7.11 Å². The Morgan fingerprint density at radius 1 is 0.853 bits per heavy atom. The molecule has 3 aromatic carbocycles. The number of thiophene rings is 1. The quantitative estimate of drug-likeness (QED) is 0.160. The molecule has 2 aromatic heterocycles. The first-order chi connectivity index (χ1) is 16.7. The lowest BCUT2D eigenvalue weighted by atomic mass is 10.2. The number of hydrogen-bond acceptors (Lipinski definition) is 4. The van der Waals surface area contributed by atoms with E-state index in [1.807, 2.05) is 24.3 Å². The van der Waals surface area contributed by atoms with Crippen LogP contribution in [0.1, 0.15) is 15.3 Å². The van der Waals surface area contributed by atoms with Crippen LogP contribution in [-0.4, -0.2) is 17.6 Å². The molecule has 2 heterocycles. The van der Waals surface area contributed by atoms with Gasteiger partial charge in [-0.1, -0.05) is 54.6 Å². The molecule has 0 amide bonds. The topological polar surface area (TPSA) is 55.0 Å². The third kappa shape index (κ3) is 4.03. The molecule has 0 N–H and O–H groups in total. The third-order valence-electron chi connectivity index (χ3n) is 5.63. The predicted octanol–water partition coefficient (Wildman–Crippen LogP) is 7.10. The number of methoxy groups -OCH3 is 1. The SMILES string of the molecule is COC(=O)/C(C#N)=C\c1ccc(/C=C/c2ccc(-n3c4ccccc4c4ccccc43)cc2)s1. The average Bonchev–Trinajstić information content (AvgIpc) is 3.48. The second kappa shape index (κ2) is 9.22. The van der Waals surface area contributed by atoms with Crippen LogP contribution in [0.5, 0.6) is 0 Å². The van der Waals surface area contributed by atoms with Crippen molar-refractivity contribution in [2.45, 2.75) is 0 Å².